The fourth-order valence-electron chi connectivity index (χ4n) is 1.65. The van der Waals surface area contributed by atoms with Crippen molar-refractivity contribution in [2.45, 2.75) is 19.8 Å². The highest BCUT2D eigenvalue weighted by molar-refractivity contribution is 7.80. The second-order valence-electron chi connectivity index (χ2n) is 4.48. The van der Waals surface area contributed by atoms with E-state index in [9.17, 15) is 10.1 Å². The third kappa shape index (κ3) is 5.70. The van der Waals surface area contributed by atoms with Gasteiger partial charge in [-0.05, 0) is 24.7 Å². The Morgan fingerprint density at radius 3 is 2.83 bits per heavy atom. The molecule has 9 heteroatoms. The van der Waals surface area contributed by atoms with Crippen molar-refractivity contribution in [2.75, 3.05) is 20.8 Å². The number of nitrogens with zero attached hydrogens (tertiary/aromatic N) is 2. The van der Waals surface area contributed by atoms with Gasteiger partial charge < -0.3 is 14.8 Å². The van der Waals surface area contributed by atoms with Crippen molar-refractivity contribution in [3.05, 3.63) is 27.8 Å². The van der Waals surface area contributed by atoms with E-state index in [2.05, 4.69) is 15.8 Å². The van der Waals surface area contributed by atoms with E-state index in [4.69, 9.17) is 21.7 Å². The van der Waals surface area contributed by atoms with Gasteiger partial charge in [-0.25, -0.2) is 0 Å². The van der Waals surface area contributed by atoms with Gasteiger partial charge in [-0.15, -0.1) is 0 Å². The SMILES string of the molecule is CCCCOc1c(OC)cc(/C=N/NC(=S)NC)cc1[N+](=O)[O-]. The van der Waals surface area contributed by atoms with Crippen LogP contribution in [0.1, 0.15) is 25.3 Å². The molecule has 0 aliphatic rings. The van der Waals surface area contributed by atoms with Crippen molar-refractivity contribution < 1.29 is 14.4 Å². The maximum atomic E-state index is 11.3. The van der Waals surface area contributed by atoms with Gasteiger partial charge in [0.05, 0.1) is 24.9 Å². The van der Waals surface area contributed by atoms with Gasteiger partial charge in [0.25, 0.3) is 0 Å². The van der Waals surface area contributed by atoms with Crippen LogP contribution in [-0.2, 0) is 0 Å². The van der Waals surface area contributed by atoms with Crippen molar-refractivity contribution >= 4 is 29.2 Å². The summed E-state index contributed by atoms with van der Waals surface area (Å²) in [5, 5.41) is 18.2. The zero-order valence-electron chi connectivity index (χ0n) is 13.3. The van der Waals surface area contributed by atoms with Crippen LogP contribution in [-0.4, -0.2) is 37.0 Å². The number of ether oxygens (including phenoxy) is 2. The molecule has 0 aliphatic carbocycles. The largest absolute Gasteiger partial charge is 0.493 e. The van der Waals surface area contributed by atoms with Crippen molar-refractivity contribution in [1.29, 1.82) is 0 Å². The molecule has 0 heterocycles. The van der Waals surface area contributed by atoms with Gasteiger partial charge >= 0.3 is 5.69 Å². The lowest BCUT2D eigenvalue weighted by atomic mass is 10.2. The molecule has 0 saturated heterocycles. The molecule has 2 N–H and O–H groups in total. The molecule has 0 saturated carbocycles. The molecule has 0 atom stereocenters. The Morgan fingerprint density at radius 2 is 2.26 bits per heavy atom. The van der Waals surface area contributed by atoms with Gasteiger partial charge in [-0.3, -0.25) is 15.5 Å². The third-order valence-corrected chi connectivity index (χ3v) is 3.12. The molecule has 0 radical (unpaired) electrons. The number of methoxy groups -OCH3 is 1. The van der Waals surface area contributed by atoms with E-state index in [1.807, 2.05) is 6.92 Å². The summed E-state index contributed by atoms with van der Waals surface area (Å²) in [5.74, 6) is 0.412. The molecule has 0 fully saturated rings. The van der Waals surface area contributed by atoms with Crippen LogP contribution in [0, 0.1) is 10.1 Å². The van der Waals surface area contributed by atoms with Crippen LogP contribution in [0.4, 0.5) is 5.69 Å². The standard InChI is InChI=1S/C14H20N4O4S/c1-4-5-6-22-13-11(18(19)20)7-10(8-12(13)21-3)9-16-17-14(23)15-2/h7-9H,4-6H2,1-3H3,(H2,15,17,23)/b16-9+. The van der Waals surface area contributed by atoms with E-state index in [0.717, 1.165) is 12.8 Å². The molecule has 0 bridgehead atoms. The third-order valence-electron chi connectivity index (χ3n) is 2.83. The number of hydrogen-bond acceptors (Lipinski definition) is 6. The predicted molar refractivity (Wildman–Crippen MR) is 92.4 cm³/mol. The number of unbranched alkanes of at least 4 members (excludes halogenated alkanes) is 1. The van der Waals surface area contributed by atoms with Gasteiger partial charge in [0.1, 0.15) is 0 Å². The molecular formula is C14H20N4O4S. The fraction of sp³-hybridized carbons (Fsp3) is 0.429. The minimum absolute atomic E-state index is 0.127. The number of nitrogens with one attached hydrogen (secondary N) is 2. The quantitative estimate of drug-likeness (QED) is 0.246. The van der Waals surface area contributed by atoms with Crippen LogP contribution < -0.4 is 20.2 Å². The Balaban J connectivity index is 3.09. The van der Waals surface area contributed by atoms with E-state index in [1.54, 1.807) is 13.1 Å². The Hall–Kier alpha value is -2.42. The van der Waals surface area contributed by atoms with Crippen molar-refractivity contribution in [1.82, 2.24) is 10.7 Å². The van der Waals surface area contributed by atoms with E-state index in [-0.39, 0.29) is 17.2 Å². The second-order valence-corrected chi connectivity index (χ2v) is 4.89. The minimum atomic E-state index is -0.507. The topological polar surface area (TPSA) is 98.0 Å². The van der Waals surface area contributed by atoms with Gasteiger partial charge in [0.15, 0.2) is 10.9 Å². The lowest BCUT2D eigenvalue weighted by Crippen LogP contribution is -2.28. The summed E-state index contributed by atoms with van der Waals surface area (Å²) in [5.41, 5.74) is 2.89. The number of rotatable bonds is 8. The van der Waals surface area contributed by atoms with E-state index < -0.39 is 4.92 Å². The van der Waals surface area contributed by atoms with Crippen LogP contribution in [0.3, 0.4) is 0 Å². The zero-order valence-corrected chi connectivity index (χ0v) is 14.1. The molecule has 126 valence electrons. The smallest absolute Gasteiger partial charge is 0.315 e. The molecule has 1 aromatic carbocycles. The van der Waals surface area contributed by atoms with Crippen molar-refractivity contribution in [2.24, 2.45) is 5.10 Å². The summed E-state index contributed by atoms with van der Waals surface area (Å²) >= 11 is 4.88. The monoisotopic (exact) mass is 340 g/mol. The highest BCUT2D eigenvalue weighted by Gasteiger charge is 2.21. The molecule has 8 nitrogen and oxygen atoms in total. The summed E-state index contributed by atoms with van der Waals surface area (Å²) in [6.45, 7) is 2.40. The van der Waals surface area contributed by atoms with Crippen LogP contribution in [0.15, 0.2) is 17.2 Å². The molecule has 0 amide bonds. The van der Waals surface area contributed by atoms with E-state index in [1.165, 1.54) is 19.4 Å². The Labute approximate surface area is 140 Å². The number of benzene rings is 1. The van der Waals surface area contributed by atoms with Crippen molar-refractivity contribution in [3.8, 4) is 11.5 Å². The molecular weight excluding hydrogens is 320 g/mol. The van der Waals surface area contributed by atoms with E-state index >= 15 is 0 Å². The van der Waals surface area contributed by atoms with Gasteiger partial charge in [0, 0.05) is 18.7 Å². The number of hydrazone groups is 1. The first-order chi connectivity index (χ1) is 11.0. The molecule has 23 heavy (non-hydrogen) atoms. The normalized spacial score (nSPS) is 10.4. The first-order valence-corrected chi connectivity index (χ1v) is 7.44. The highest BCUT2D eigenvalue weighted by atomic mass is 32.1. The highest BCUT2D eigenvalue weighted by Crippen LogP contribution is 2.38. The lowest BCUT2D eigenvalue weighted by molar-refractivity contribution is -0.386. The maximum absolute atomic E-state index is 11.3. The molecule has 0 aromatic heterocycles. The average molecular weight is 340 g/mol. The summed E-state index contributed by atoms with van der Waals surface area (Å²) in [7, 11) is 3.09. The number of hydrogen-bond donors (Lipinski definition) is 2. The zero-order chi connectivity index (χ0) is 17.2. The molecule has 0 spiro atoms. The van der Waals surface area contributed by atoms with E-state index in [0.29, 0.717) is 17.3 Å². The molecule has 0 aliphatic heterocycles. The Bertz CT molecular complexity index is 592. The Morgan fingerprint density at radius 1 is 1.52 bits per heavy atom. The predicted octanol–water partition coefficient (Wildman–Crippen LogP) is 2.21. The summed E-state index contributed by atoms with van der Waals surface area (Å²) in [6, 6.07) is 2.99. The van der Waals surface area contributed by atoms with Gasteiger partial charge in [-0.1, -0.05) is 13.3 Å². The Kier molecular flexibility index (Phi) is 7.75. The first kappa shape index (κ1) is 18.6. The van der Waals surface area contributed by atoms with Crippen LogP contribution in [0.5, 0.6) is 11.5 Å². The van der Waals surface area contributed by atoms with Crippen molar-refractivity contribution in [3.63, 3.8) is 0 Å². The summed E-state index contributed by atoms with van der Waals surface area (Å²) in [4.78, 5) is 10.8. The minimum Gasteiger partial charge on any atom is -0.493 e. The lowest BCUT2D eigenvalue weighted by Gasteiger charge is -2.11. The average Bonchev–Trinajstić information content (AvgIpc) is 2.55. The number of thiocarbonyl (C=S) groups is 1. The van der Waals surface area contributed by atoms with Gasteiger partial charge in [0.2, 0.25) is 5.75 Å². The van der Waals surface area contributed by atoms with Crippen LogP contribution >= 0.6 is 12.2 Å². The van der Waals surface area contributed by atoms with Crippen LogP contribution in [0.2, 0.25) is 0 Å². The molecule has 1 rings (SSSR count). The maximum Gasteiger partial charge on any atom is 0.315 e. The van der Waals surface area contributed by atoms with Gasteiger partial charge in [-0.2, -0.15) is 5.10 Å². The summed E-state index contributed by atoms with van der Waals surface area (Å²) in [6.07, 6.45) is 3.14. The van der Waals surface area contributed by atoms with Crippen LogP contribution in [0.25, 0.3) is 0 Å². The summed E-state index contributed by atoms with van der Waals surface area (Å²) < 4.78 is 10.7. The second kappa shape index (κ2) is 9.57. The first-order valence-electron chi connectivity index (χ1n) is 7.03. The fourth-order valence-corrected chi connectivity index (χ4v) is 1.71. The number of nitro benzene ring substituents is 1. The molecule has 0 unspecified atom stereocenters. The molecule has 1 aromatic rings. The number of nitro groups is 1.